The second-order valence-electron chi connectivity index (χ2n) is 6.99. The van der Waals surface area contributed by atoms with Crippen LogP contribution in [0.2, 0.25) is 0 Å². The van der Waals surface area contributed by atoms with E-state index in [1.54, 1.807) is 0 Å². The summed E-state index contributed by atoms with van der Waals surface area (Å²) in [7, 11) is 0. The molecule has 1 aliphatic rings. The van der Waals surface area contributed by atoms with E-state index in [2.05, 4.69) is 0 Å². The van der Waals surface area contributed by atoms with Crippen LogP contribution >= 0.6 is 0 Å². The van der Waals surface area contributed by atoms with Crippen molar-refractivity contribution in [2.24, 2.45) is 0 Å². The molecule has 0 bridgehead atoms. The highest BCUT2D eigenvalue weighted by Crippen LogP contribution is 2.26. The maximum Gasteiger partial charge on any atom is 0.410 e. The molecule has 1 amide bonds. The maximum atomic E-state index is 14.1. The Kier molecular flexibility index (Phi) is 6.57. The van der Waals surface area contributed by atoms with Gasteiger partial charge in [0, 0.05) is 17.7 Å². The Morgan fingerprint density at radius 1 is 1.00 bits per heavy atom. The molecule has 0 aliphatic heterocycles. The Labute approximate surface area is 161 Å². The molecule has 4 nitrogen and oxygen atoms in total. The third-order valence-corrected chi connectivity index (χ3v) is 4.98. The fraction of sp³-hybridized carbons (Fsp3) is 0.381. The summed E-state index contributed by atoms with van der Waals surface area (Å²) in [5, 5.41) is 9.71. The minimum atomic E-state index is -1.28. The number of hydrogen-bond donors (Lipinski definition) is 1. The van der Waals surface area contributed by atoms with Crippen LogP contribution in [-0.2, 0) is 17.9 Å². The summed E-state index contributed by atoms with van der Waals surface area (Å²) >= 11 is 0. The highest BCUT2D eigenvalue weighted by atomic mass is 19.2. The average molecular weight is 393 g/mol. The normalized spacial score (nSPS) is 19.3. The average Bonchev–Trinajstić information content (AvgIpc) is 2.69. The van der Waals surface area contributed by atoms with Gasteiger partial charge in [0.1, 0.15) is 12.4 Å². The Bertz CT molecular complexity index is 808. The summed E-state index contributed by atoms with van der Waals surface area (Å²) in [6, 6.07) is 10.1. The monoisotopic (exact) mass is 393 g/mol. The van der Waals surface area contributed by atoms with Gasteiger partial charge >= 0.3 is 6.09 Å². The molecule has 0 unspecified atom stereocenters. The van der Waals surface area contributed by atoms with Crippen LogP contribution < -0.4 is 0 Å². The first-order valence-corrected chi connectivity index (χ1v) is 9.23. The van der Waals surface area contributed by atoms with E-state index in [1.807, 2.05) is 30.3 Å². The number of aliphatic hydroxyl groups is 1. The Morgan fingerprint density at radius 3 is 2.32 bits per heavy atom. The molecule has 7 heteroatoms. The van der Waals surface area contributed by atoms with Crippen molar-refractivity contribution in [3.05, 3.63) is 71.0 Å². The van der Waals surface area contributed by atoms with Gasteiger partial charge in [0.15, 0.2) is 11.6 Å². The van der Waals surface area contributed by atoms with E-state index < -0.39 is 29.6 Å². The predicted molar refractivity (Wildman–Crippen MR) is 96.7 cm³/mol. The van der Waals surface area contributed by atoms with Crippen molar-refractivity contribution < 1.29 is 27.8 Å². The van der Waals surface area contributed by atoms with Gasteiger partial charge in [-0.2, -0.15) is 0 Å². The van der Waals surface area contributed by atoms with Crippen LogP contribution in [0.15, 0.2) is 42.5 Å². The van der Waals surface area contributed by atoms with Crippen LogP contribution in [0.5, 0.6) is 0 Å². The molecular weight excluding hydrogens is 371 g/mol. The maximum absolute atomic E-state index is 14.1. The Balaban J connectivity index is 1.76. The lowest BCUT2D eigenvalue weighted by atomic mass is 9.92. The summed E-state index contributed by atoms with van der Waals surface area (Å²) in [6.07, 6.45) is 0.966. The lowest BCUT2D eigenvalue weighted by molar-refractivity contribution is 0.0458. The van der Waals surface area contributed by atoms with Crippen molar-refractivity contribution in [3.63, 3.8) is 0 Å². The van der Waals surface area contributed by atoms with Crippen LogP contribution in [0.25, 0.3) is 0 Å². The number of benzene rings is 2. The number of carbonyl (C=O) groups is 1. The minimum absolute atomic E-state index is 0.0474. The molecular formula is C21H22F3NO3. The SMILES string of the molecule is O=C(OCc1ccccc1)N(Cc1cc(F)c(F)cc1F)C1CCC(O)CC1. The van der Waals surface area contributed by atoms with Crippen molar-refractivity contribution in [1.82, 2.24) is 4.90 Å². The standard InChI is InChI=1S/C21H22F3NO3/c22-18-11-20(24)19(23)10-15(18)12-25(16-6-8-17(26)9-7-16)21(27)28-13-14-4-2-1-3-5-14/h1-5,10-11,16-17,26H,6-9,12-13H2. The van der Waals surface area contributed by atoms with Crippen molar-refractivity contribution in [2.75, 3.05) is 0 Å². The third kappa shape index (κ3) is 5.04. The van der Waals surface area contributed by atoms with Gasteiger partial charge in [-0.1, -0.05) is 30.3 Å². The van der Waals surface area contributed by atoms with Crippen LogP contribution in [0.3, 0.4) is 0 Å². The number of ether oxygens (including phenoxy) is 1. The van der Waals surface area contributed by atoms with Crippen molar-refractivity contribution in [2.45, 2.75) is 51.0 Å². The molecule has 0 heterocycles. The largest absolute Gasteiger partial charge is 0.445 e. The van der Waals surface area contributed by atoms with E-state index in [1.165, 1.54) is 4.90 Å². The number of hydrogen-bond acceptors (Lipinski definition) is 3. The minimum Gasteiger partial charge on any atom is -0.445 e. The van der Waals surface area contributed by atoms with Gasteiger partial charge in [-0.15, -0.1) is 0 Å². The first-order chi connectivity index (χ1) is 13.4. The van der Waals surface area contributed by atoms with E-state index in [0.29, 0.717) is 31.7 Å². The molecule has 0 saturated heterocycles. The predicted octanol–water partition coefficient (Wildman–Crippen LogP) is 4.55. The summed E-state index contributed by atoms with van der Waals surface area (Å²) in [5.74, 6) is -3.37. The van der Waals surface area contributed by atoms with Gasteiger partial charge in [0.05, 0.1) is 12.6 Å². The lowest BCUT2D eigenvalue weighted by Gasteiger charge is -2.35. The van der Waals surface area contributed by atoms with Gasteiger partial charge < -0.3 is 14.7 Å². The fourth-order valence-corrected chi connectivity index (χ4v) is 3.38. The molecule has 1 fully saturated rings. The zero-order valence-electron chi connectivity index (χ0n) is 15.3. The van der Waals surface area contributed by atoms with Gasteiger partial charge in [-0.3, -0.25) is 0 Å². The summed E-state index contributed by atoms with van der Waals surface area (Å²) in [5.41, 5.74) is 0.676. The van der Waals surface area contributed by atoms with E-state index in [9.17, 15) is 23.1 Å². The van der Waals surface area contributed by atoms with Crippen molar-refractivity contribution in [1.29, 1.82) is 0 Å². The molecule has 0 atom stereocenters. The van der Waals surface area contributed by atoms with E-state index in [-0.39, 0.29) is 24.8 Å². The second kappa shape index (κ2) is 9.10. The quantitative estimate of drug-likeness (QED) is 0.759. The molecule has 0 radical (unpaired) electrons. The van der Waals surface area contributed by atoms with E-state index in [0.717, 1.165) is 11.6 Å². The number of carbonyl (C=O) groups excluding carboxylic acids is 1. The van der Waals surface area contributed by atoms with Crippen LogP contribution in [0.1, 0.15) is 36.8 Å². The number of nitrogens with zero attached hydrogens (tertiary/aromatic N) is 1. The molecule has 0 aromatic heterocycles. The zero-order chi connectivity index (χ0) is 20.1. The number of amides is 1. The van der Waals surface area contributed by atoms with Crippen LogP contribution in [0.4, 0.5) is 18.0 Å². The number of aliphatic hydroxyl groups excluding tert-OH is 1. The molecule has 1 N–H and O–H groups in total. The molecule has 1 saturated carbocycles. The van der Waals surface area contributed by atoms with Gasteiger partial charge in [-0.05, 0) is 37.3 Å². The van der Waals surface area contributed by atoms with Crippen LogP contribution in [0, 0.1) is 17.5 Å². The second-order valence-corrected chi connectivity index (χ2v) is 6.99. The van der Waals surface area contributed by atoms with Crippen LogP contribution in [-0.4, -0.2) is 28.2 Å². The molecule has 0 spiro atoms. The molecule has 28 heavy (non-hydrogen) atoms. The van der Waals surface area contributed by atoms with Gasteiger partial charge in [0.25, 0.3) is 0 Å². The first-order valence-electron chi connectivity index (χ1n) is 9.23. The Morgan fingerprint density at radius 2 is 1.64 bits per heavy atom. The summed E-state index contributed by atoms with van der Waals surface area (Å²) in [4.78, 5) is 14.1. The number of rotatable bonds is 5. The Hall–Kier alpha value is -2.54. The first kappa shape index (κ1) is 20.2. The zero-order valence-corrected chi connectivity index (χ0v) is 15.3. The summed E-state index contributed by atoms with van der Waals surface area (Å²) in [6.45, 7) is -0.191. The van der Waals surface area contributed by atoms with Gasteiger partial charge in [-0.25, -0.2) is 18.0 Å². The van der Waals surface area contributed by atoms with E-state index >= 15 is 0 Å². The lowest BCUT2D eigenvalue weighted by Crippen LogP contribution is -2.43. The highest BCUT2D eigenvalue weighted by molar-refractivity contribution is 5.68. The van der Waals surface area contributed by atoms with Crippen molar-refractivity contribution in [3.8, 4) is 0 Å². The van der Waals surface area contributed by atoms with Crippen molar-refractivity contribution >= 4 is 6.09 Å². The number of halogens is 3. The molecule has 2 aromatic rings. The van der Waals surface area contributed by atoms with E-state index in [4.69, 9.17) is 4.74 Å². The topological polar surface area (TPSA) is 49.8 Å². The highest BCUT2D eigenvalue weighted by Gasteiger charge is 2.30. The third-order valence-electron chi connectivity index (χ3n) is 4.98. The molecule has 2 aromatic carbocycles. The summed E-state index contributed by atoms with van der Waals surface area (Å²) < 4.78 is 46.3. The molecule has 150 valence electrons. The molecule has 1 aliphatic carbocycles. The fourth-order valence-electron chi connectivity index (χ4n) is 3.38. The smallest absolute Gasteiger partial charge is 0.410 e. The van der Waals surface area contributed by atoms with Gasteiger partial charge in [0.2, 0.25) is 0 Å². The molecule has 3 rings (SSSR count).